The third-order valence-electron chi connectivity index (χ3n) is 7.19. The van der Waals surface area contributed by atoms with E-state index in [1.165, 1.54) is 48.5 Å². The Hall–Kier alpha value is -5.24. The lowest BCUT2D eigenvalue weighted by molar-refractivity contribution is 0.0973. The molecular formula is C30H18O8. The summed E-state index contributed by atoms with van der Waals surface area (Å²) in [6.07, 6.45) is 0. The van der Waals surface area contributed by atoms with Crippen molar-refractivity contribution in [2.24, 2.45) is 0 Å². The van der Waals surface area contributed by atoms with E-state index in [1.807, 2.05) is 0 Å². The van der Waals surface area contributed by atoms with Gasteiger partial charge in [0.1, 0.15) is 23.0 Å². The SMILES string of the molecule is Cc1cc(O)c2c(c1-c1c(C)cc(O)c3c1C(=O)c1cccc(O)c1C3=O)C(=O)c1cccc(O)c1C2=O. The number of hydrogen-bond donors (Lipinski definition) is 4. The summed E-state index contributed by atoms with van der Waals surface area (Å²) >= 11 is 0. The van der Waals surface area contributed by atoms with Gasteiger partial charge in [-0.1, -0.05) is 24.3 Å². The molecule has 0 atom stereocenters. The van der Waals surface area contributed by atoms with Gasteiger partial charge in [-0.3, -0.25) is 19.2 Å². The molecule has 0 unspecified atom stereocenters. The molecule has 0 heterocycles. The Balaban J connectivity index is 1.75. The van der Waals surface area contributed by atoms with Crippen molar-refractivity contribution in [1.29, 1.82) is 0 Å². The van der Waals surface area contributed by atoms with Crippen LogP contribution in [-0.2, 0) is 0 Å². The van der Waals surface area contributed by atoms with E-state index in [2.05, 4.69) is 0 Å². The summed E-state index contributed by atoms with van der Waals surface area (Å²) in [5.41, 5.74) is -0.692. The van der Waals surface area contributed by atoms with Crippen LogP contribution in [0.25, 0.3) is 11.1 Å². The molecule has 186 valence electrons. The van der Waals surface area contributed by atoms with Gasteiger partial charge >= 0.3 is 0 Å². The lowest BCUT2D eigenvalue weighted by Gasteiger charge is -2.27. The molecule has 0 saturated carbocycles. The first-order chi connectivity index (χ1) is 18.0. The molecule has 0 amide bonds. The topological polar surface area (TPSA) is 149 Å². The minimum Gasteiger partial charge on any atom is -0.507 e. The average molecular weight is 506 g/mol. The highest BCUT2D eigenvalue weighted by molar-refractivity contribution is 6.35. The molecule has 0 spiro atoms. The van der Waals surface area contributed by atoms with Crippen molar-refractivity contribution >= 4 is 23.1 Å². The number of ketones is 4. The second-order valence-corrected chi connectivity index (χ2v) is 9.39. The normalized spacial score (nSPS) is 13.6. The fourth-order valence-electron chi connectivity index (χ4n) is 5.61. The molecule has 38 heavy (non-hydrogen) atoms. The predicted molar refractivity (Wildman–Crippen MR) is 135 cm³/mol. The number of fused-ring (bicyclic) bond motifs is 4. The highest BCUT2D eigenvalue weighted by Gasteiger charge is 2.41. The molecular weight excluding hydrogens is 488 g/mol. The zero-order valence-electron chi connectivity index (χ0n) is 20.0. The van der Waals surface area contributed by atoms with Gasteiger partial charge in [0.15, 0.2) is 11.6 Å². The van der Waals surface area contributed by atoms with Gasteiger partial charge in [0.05, 0.1) is 22.3 Å². The Labute approximate surface area is 215 Å². The zero-order chi connectivity index (χ0) is 27.2. The molecule has 0 bridgehead atoms. The Kier molecular flexibility index (Phi) is 4.65. The van der Waals surface area contributed by atoms with Gasteiger partial charge in [0, 0.05) is 22.3 Å². The molecule has 8 nitrogen and oxygen atoms in total. The summed E-state index contributed by atoms with van der Waals surface area (Å²) in [7, 11) is 0. The molecule has 4 aromatic rings. The maximum Gasteiger partial charge on any atom is 0.201 e. The van der Waals surface area contributed by atoms with E-state index in [1.54, 1.807) is 13.8 Å². The van der Waals surface area contributed by atoms with Crippen molar-refractivity contribution in [2.45, 2.75) is 13.8 Å². The van der Waals surface area contributed by atoms with E-state index < -0.39 is 46.1 Å². The van der Waals surface area contributed by atoms with E-state index >= 15 is 0 Å². The lowest BCUT2D eigenvalue weighted by atomic mass is 9.73. The fraction of sp³-hybridized carbons (Fsp3) is 0.0667. The number of benzene rings is 4. The first-order valence-corrected chi connectivity index (χ1v) is 11.6. The molecule has 0 saturated heterocycles. The van der Waals surface area contributed by atoms with Crippen molar-refractivity contribution in [3.63, 3.8) is 0 Å². The third-order valence-corrected chi connectivity index (χ3v) is 7.19. The molecule has 2 aliphatic rings. The largest absolute Gasteiger partial charge is 0.507 e. The smallest absolute Gasteiger partial charge is 0.201 e. The Morgan fingerprint density at radius 1 is 0.421 bits per heavy atom. The standard InChI is InChI=1S/C30H18O8/c1-11-9-17(33)23-25(27(35)13-5-3-7-15(31)21(13)29(23)37)19(11)20-12(2)10-18(34)24-26(20)28(36)14-6-4-8-16(32)22(14)30(24)38/h3-10,31-34H,1-2H3. The third kappa shape index (κ3) is 2.79. The Morgan fingerprint density at radius 2 is 0.789 bits per heavy atom. The first-order valence-electron chi connectivity index (χ1n) is 11.6. The molecule has 0 aliphatic heterocycles. The second-order valence-electron chi connectivity index (χ2n) is 9.39. The number of phenolic OH excluding ortho intramolecular Hbond substituents is 4. The number of aromatic hydroxyl groups is 4. The van der Waals surface area contributed by atoms with Crippen LogP contribution in [0.2, 0.25) is 0 Å². The molecule has 0 aromatic heterocycles. The van der Waals surface area contributed by atoms with Gasteiger partial charge in [-0.15, -0.1) is 0 Å². The van der Waals surface area contributed by atoms with Crippen molar-refractivity contribution in [1.82, 2.24) is 0 Å². The number of carbonyl (C=O) groups is 4. The first kappa shape index (κ1) is 23.2. The Morgan fingerprint density at radius 3 is 1.16 bits per heavy atom. The van der Waals surface area contributed by atoms with Gasteiger partial charge in [0.25, 0.3) is 0 Å². The highest BCUT2D eigenvalue weighted by Crippen LogP contribution is 2.48. The minimum atomic E-state index is -0.769. The van der Waals surface area contributed by atoms with Crippen molar-refractivity contribution in [3.05, 3.63) is 104 Å². The van der Waals surface area contributed by atoms with Crippen molar-refractivity contribution in [3.8, 4) is 34.1 Å². The van der Waals surface area contributed by atoms with Gasteiger partial charge in [0.2, 0.25) is 11.6 Å². The van der Waals surface area contributed by atoms with Crippen LogP contribution in [0.5, 0.6) is 23.0 Å². The average Bonchev–Trinajstić information content (AvgIpc) is 2.85. The molecule has 4 N–H and O–H groups in total. The van der Waals surface area contributed by atoms with E-state index in [-0.39, 0.29) is 55.6 Å². The quantitative estimate of drug-likeness (QED) is 0.257. The maximum atomic E-state index is 13.8. The second kappa shape index (κ2) is 7.63. The van der Waals surface area contributed by atoms with Crippen LogP contribution in [0, 0.1) is 13.8 Å². The molecule has 2 aliphatic carbocycles. The number of rotatable bonds is 1. The van der Waals surface area contributed by atoms with Crippen LogP contribution < -0.4 is 0 Å². The maximum absolute atomic E-state index is 13.8. The molecule has 0 radical (unpaired) electrons. The fourth-order valence-corrected chi connectivity index (χ4v) is 5.61. The van der Waals surface area contributed by atoms with Gasteiger partial charge in [-0.25, -0.2) is 0 Å². The van der Waals surface area contributed by atoms with Crippen LogP contribution in [0.4, 0.5) is 0 Å². The van der Waals surface area contributed by atoms with Crippen LogP contribution in [0.15, 0.2) is 48.5 Å². The zero-order valence-corrected chi connectivity index (χ0v) is 20.0. The summed E-state index contributed by atoms with van der Waals surface area (Å²) in [5, 5.41) is 42.2. The van der Waals surface area contributed by atoms with Crippen LogP contribution in [-0.4, -0.2) is 43.6 Å². The van der Waals surface area contributed by atoms with E-state index in [4.69, 9.17) is 0 Å². The minimum absolute atomic E-state index is 0.0725. The molecule has 8 heteroatoms. The number of aryl methyl sites for hydroxylation is 2. The monoisotopic (exact) mass is 506 g/mol. The highest BCUT2D eigenvalue weighted by atomic mass is 16.3. The summed E-state index contributed by atoms with van der Waals surface area (Å²) in [6, 6.07) is 10.7. The van der Waals surface area contributed by atoms with Crippen LogP contribution in [0.1, 0.15) is 74.8 Å². The summed E-state index contributed by atoms with van der Waals surface area (Å²) in [6.45, 7) is 3.16. The number of carbonyl (C=O) groups excluding carboxylic acids is 4. The van der Waals surface area contributed by atoms with E-state index in [0.717, 1.165) is 0 Å². The van der Waals surface area contributed by atoms with E-state index in [9.17, 15) is 39.6 Å². The van der Waals surface area contributed by atoms with Crippen molar-refractivity contribution in [2.75, 3.05) is 0 Å². The number of phenols is 4. The van der Waals surface area contributed by atoms with Crippen LogP contribution >= 0.6 is 0 Å². The summed E-state index contributed by atoms with van der Waals surface area (Å²) in [5.74, 6) is -4.63. The summed E-state index contributed by atoms with van der Waals surface area (Å²) in [4.78, 5) is 54.6. The van der Waals surface area contributed by atoms with Crippen LogP contribution in [0.3, 0.4) is 0 Å². The van der Waals surface area contributed by atoms with E-state index in [0.29, 0.717) is 11.1 Å². The molecule has 4 aromatic carbocycles. The molecule has 0 fully saturated rings. The predicted octanol–water partition coefficient (Wildman–Crippen LogP) is 4.34. The lowest BCUT2D eigenvalue weighted by Crippen LogP contribution is -2.25. The molecule has 6 rings (SSSR count). The van der Waals surface area contributed by atoms with Gasteiger partial charge < -0.3 is 20.4 Å². The Bertz CT molecular complexity index is 1710. The van der Waals surface area contributed by atoms with Gasteiger partial charge in [-0.2, -0.15) is 0 Å². The van der Waals surface area contributed by atoms with Gasteiger partial charge in [-0.05, 0) is 60.4 Å². The van der Waals surface area contributed by atoms with Crippen molar-refractivity contribution < 1.29 is 39.6 Å². The number of hydrogen-bond acceptors (Lipinski definition) is 8. The summed E-state index contributed by atoms with van der Waals surface area (Å²) < 4.78 is 0.